The Labute approximate surface area is 205 Å². The molecule has 0 radical (unpaired) electrons. The van der Waals surface area contributed by atoms with Gasteiger partial charge in [0.15, 0.2) is 0 Å². The zero-order chi connectivity index (χ0) is 23.7. The third kappa shape index (κ3) is 4.79. The number of ketones is 1. The summed E-state index contributed by atoms with van der Waals surface area (Å²) in [7, 11) is 0. The predicted octanol–water partition coefficient (Wildman–Crippen LogP) is 6.11. The van der Waals surface area contributed by atoms with Gasteiger partial charge < -0.3 is 0 Å². The summed E-state index contributed by atoms with van der Waals surface area (Å²) in [4.78, 5) is 17.6. The minimum atomic E-state index is -0.571. The van der Waals surface area contributed by atoms with Crippen LogP contribution in [0, 0.1) is 17.7 Å². The van der Waals surface area contributed by atoms with E-state index in [2.05, 4.69) is 17.6 Å². The normalized spacial score (nSPS) is 17.9. The van der Waals surface area contributed by atoms with E-state index in [0.717, 1.165) is 22.4 Å². The zero-order valence-corrected chi connectivity index (χ0v) is 19.8. The van der Waals surface area contributed by atoms with Crippen molar-refractivity contribution >= 4 is 30.2 Å². The maximum Gasteiger partial charge on any atom is 0.212 e. The molecular formula is C26H21F2N3OS2. The van der Waals surface area contributed by atoms with Crippen LogP contribution in [0.5, 0.6) is 0 Å². The number of Topliss-reactive ketones (excluding diaryl/α,β-unsaturated/α-hetero) is 1. The van der Waals surface area contributed by atoms with Gasteiger partial charge in [-0.25, -0.2) is 14.1 Å². The van der Waals surface area contributed by atoms with Gasteiger partial charge in [0.2, 0.25) is 5.95 Å². The SMILES string of the molecule is O=C1CSC(c2cn(-c3ccc(F)cc3)nc2-c2ccc(F)nc2)C1CCc1ccc(S)cc1. The molecule has 34 heavy (non-hydrogen) atoms. The van der Waals surface area contributed by atoms with Crippen LogP contribution < -0.4 is 0 Å². The summed E-state index contributed by atoms with van der Waals surface area (Å²) in [6, 6.07) is 17.0. The van der Waals surface area contributed by atoms with Crippen LogP contribution in [0.3, 0.4) is 0 Å². The number of hydrogen-bond acceptors (Lipinski definition) is 5. The van der Waals surface area contributed by atoms with E-state index in [9.17, 15) is 13.6 Å². The Morgan fingerprint density at radius 1 is 1.03 bits per heavy atom. The number of pyridine rings is 1. The monoisotopic (exact) mass is 493 g/mol. The van der Waals surface area contributed by atoms with Crippen molar-refractivity contribution in [3.05, 3.63) is 95.9 Å². The number of thiol groups is 1. The molecule has 2 atom stereocenters. The molecule has 2 aromatic carbocycles. The second-order valence-corrected chi connectivity index (χ2v) is 9.88. The maximum atomic E-state index is 13.5. The van der Waals surface area contributed by atoms with Gasteiger partial charge in [-0.1, -0.05) is 12.1 Å². The van der Waals surface area contributed by atoms with Crippen molar-refractivity contribution in [1.82, 2.24) is 14.8 Å². The fourth-order valence-electron chi connectivity index (χ4n) is 4.23. The third-order valence-electron chi connectivity index (χ3n) is 6.01. The lowest BCUT2D eigenvalue weighted by Crippen LogP contribution is -2.15. The summed E-state index contributed by atoms with van der Waals surface area (Å²) in [5.74, 6) is -0.411. The average Bonchev–Trinajstić information content (AvgIpc) is 3.43. The Hall–Kier alpha value is -2.97. The first-order chi connectivity index (χ1) is 16.5. The maximum absolute atomic E-state index is 13.5. The van der Waals surface area contributed by atoms with Gasteiger partial charge in [0.1, 0.15) is 11.6 Å². The van der Waals surface area contributed by atoms with Gasteiger partial charge >= 0.3 is 0 Å². The number of rotatable bonds is 6. The highest BCUT2D eigenvalue weighted by molar-refractivity contribution is 8.00. The number of carbonyl (C=O) groups is 1. The molecule has 2 unspecified atom stereocenters. The second-order valence-electron chi connectivity index (χ2n) is 8.23. The average molecular weight is 494 g/mol. The van der Waals surface area contributed by atoms with Gasteiger partial charge in [0.05, 0.1) is 17.1 Å². The molecule has 0 spiro atoms. The van der Waals surface area contributed by atoms with E-state index in [1.54, 1.807) is 34.6 Å². The molecule has 1 fully saturated rings. The van der Waals surface area contributed by atoms with Crippen molar-refractivity contribution < 1.29 is 13.6 Å². The second kappa shape index (κ2) is 9.72. The molecule has 0 N–H and O–H groups in total. The molecule has 0 aliphatic carbocycles. The lowest BCUT2D eigenvalue weighted by molar-refractivity contribution is -0.119. The Morgan fingerprint density at radius 2 is 1.79 bits per heavy atom. The molecule has 4 aromatic rings. The van der Waals surface area contributed by atoms with E-state index in [1.165, 1.54) is 24.4 Å². The fourth-order valence-corrected chi connectivity index (χ4v) is 5.81. The molecular weight excluding hydrogens is 472 g/mol. The molecule has 0 saturated carbocycles. The largest absolute Gasteiger partial charge is 0.298 e. The minimum Gasteiger partial charge on any atom is -0.298 e. The van der Waals surface area contributed by atoms with E-state index >= 15 is 0 Å². The van der Waals surface area contributed by atoms with Gasteiger partial charge in [0.25, 0.3) is 0 Å². The Kier molecular flexibility index (Phi) is 6.52. The van der Waals surface area contributed by atoms with Crippen LogP contribution in [-0.2, 0) is 11.2 Å². The minimum absolute atomic E-state index is 0.0918. The molecule has 8 heteroatoms. The first kappa shape index (κ1) is 22.8. The quantitative estimate of drug-likeness (QED) is 0.260. The first-order valence-electron chi connectivity index (χ1n) is 10.9. The zero-order valence-electron chi connectivity index (χ0n) is 18.1. The lowest BCUT2D eigenvalue weighted by atomic mass is 9.89. The lowest BCUT2D eigenvalue weighted by Gasteiger charge is -2.18. The molecule has 1 saturated heterocycles. The van der Waals surface area contributed by atoms with Gasteiger partial charge in [-0.05, 0) is 66.9 Å². The van der Waals surface area contributed by atoms with Crippen molar-refractivity contribution in [3.63, 3.8) is 0 Å². The van der Waals surface area contributed by atoms with Crippen LogP contribution in [0.15, 0.2) is 78.0 Å². The molecule has 0 amide bonds. The number of carbonyl (C=O) groups excluding carboxylic acids is 1. The molecule has 0 bridgehead atoms. The molecule has 5 rings (SSSR count). The van der Waals surface area contributed by atoms with Gasteiger partial charge in [-0.3, -0.25) is 4.79 Å². The van der Waals surface area contributed by atoms with Crippen molar-refractivity contribution in [3.8, 4) is 16.9 Å². The Balaban J connectivity index is 1.50. The Bertz CT molecular complexity index is 1310. The predicted molar refractivity (Wildman–Crippen MR) is 132 cm³/mol. The van der Waals surface area contributed by atoms with Crippen LogP contribution in [0.2, 0.25) is 0 Å². The number of aryl methyl sites for hydroxylation is 1. The number of benzene rings is 2. The standard InChI is InChI=1S/C26H21F2N3OS2/c27-18-5-7-19(8-6-18)31-14-22(25(30-31)17-4-12-24(28)29-13-17)26-21(23(32)15-34-26)11-3-16-1-9-20(33)10-2-16/h1-2,4-10,12-14,21,26,33H,3,11,15H2. The highest BCUT2D eigenvalue weighted by atomic mass is 32.2. The van der Waals surface area contributed by atoms with E-state index in [1.807, 2.05) is 30.5 Å². The highest BCUT2D eigenvalue weighted by Gasteiger charge is 2.38. The summed E-state index contributed by atoms with van der Waals surface area (Å²) in [5.41, 5.74) is 4.06. The molecule has 172 valence electrons. The summed E-state index contributed by atoms with van der Waals surface area (Å²) in [6.45, 7) is 0. The van der Waals surface area contributed by atoms with Crippen LogP contribution >= 0.6 is 24.4 Å². The Morgan fingerprint density at radius 3 is 2.50 bits per heavy atom. The summed E-state index contributed by atoms with van der Waals surface area (Å²) < 4.78 is 28.6. The van der Waals surface area contributed by atoms with E-state index in [0.29, 0.717) is 29.1 Å². The van der Waals surface area contributed by atoms with E-state index in [-0.39, 0.29) is 22.8 Å². The van der Waals surface area contributed by atoms with Crippen molar-refractivity contribution in [2.24, 2.45) is 5.92 Å². The first-order valence-corrected chi connectivity index (χ1v) is 12.4. The van der Waals surface area contributed by atoms with E-state index < -0.39 is 5.95 Å². The van der Waals surface area contributed by atoms with Crippen molar-refractivity contribution in [2.75, 3.05) is 5.75 Å². The molecule has 2 aromatic heterocycles. The number of aromatic nitrogens is 3. The van der Waals surface area contributed by atoms with Gasteiger partial charge in [-0.2, -0.15) is 9.49 Å². The summed E-state index contributed by atoms with van der Waals surface area (Å²) in [6.07, 6.45) is 4.84. The molecule has 1 aliphatic rings. The number of nitrogens with zero attached hydrogens (tertiary/aromatic N) is 3. The topological polar surface area (TPSA) is 47.8 Å². The fraction of sp³-hybridized carbons (Fsp3) is 0.192. The van der Waals surface area contributed by atoms with Gasteiger partial charge in [0, 0.05) is 39.6 Å². The summed E-state index contributed by atoms with van der Waals surface area (Å²) in [5, 5.41) is 4.65. The van der Waals surface area contributed by atoms with Crippen molar-refractivity contribution in [2.45, 2.75) is 23.0 Å². The molecule has 4 nitrogen and oxygen atoms in total. The number of halogens is 2. The van der Waals surface area contributed by atoms with Crippen LogP contribution in [0.25, 0.3) is 16.9 Å². The van der Waals surface area contributed by atoms with E-state index in [4.69, 9.17) is 5.10 Å². The third-order valence-corrected chi connectivity index (χ3v) is 7.70. The van der Waals surface area contributed by atoms with Crippen molar-refractivity contribution in [1.29, 1.82) is 0 Å². The van der Waals surface area contributed by atoms with Crippen LogP contribution in [-0.4, -0.2) is 26.3 Å². The molecule has 3 heterocycles. The van der Waals surface area contributed by atoms with Gasteiger partial charge in [-0.15, -0.1) is 24.4 Å². The van der Waals surface area contributed by atoms with Crippen LogP contribution in [0.1, 0.15) is 22.8 Å². The highest BCUT2D eigenvalue weighted by Crippen LogP contribution is 2.47. The molecule has 1 aliphatic heterocycles. The summed E-state index contributed by atoms with van der Waals surface area (Å²) >= 11 is 5.94. The smallest absolute Gasteiger partial charge is 0.212 e. The van der Waals surface area contributed by atoms with Crippen LogP contribution in [0.4, 0.5) is 8.78 Å². The number of hydrogen-bond donors (Lipinski definition) is 1. The number of thioether (sulfide) groups is 1.